The maximum Gasteiger partial charge on any atom is 0.185 e. The molecule has 2 aliphatic heterocycles. The molecule has 1 aromatic carbocycles. The van der Waals surface area contributed by atoms with E-state index in [0.29, 0.717) is 5.84 Å². The second kappa shape index (κ2) is 3.03. The van der Waals surface area contributed by atoms with Crippen molar-refractivity contribution in [2.24, 2.45) is 10.1 Å². The number of rotatable bonds is 0. The van der Waals surface area contributed by atoms with E-state index in [1.165, 1.54) is 6.21 Å². The van der Waals surface area contributed by atoms with Gasteiger partial charge in [0, 0.05) is 11.8 Å². The fourth-order valence-corrected chi connectivity index (χ4v) is 1.70. The van der Waals surface area contributed by atoms with Crippen molar-refractivity contribution >= 4 is 18.1 Å². The molecular formula is C11H9N3O. The molecule has 4 nitrogen and oxygen atoms in total. The van der Waals surface area contributed by atoms with Crippen LogP contribution in [0.25, 0.3) is 6.08 Å². The zero-order valence-electron chi connectivity index (χ0n) is 7.91. The first-order valence-corrected chi connectivity index (χ1v) is 4.71. The van der Waals surface area contributed by atoms with E-state index in [4.69, 9.17) is 0 Å². The Kier molecular flexibility index (Phi) is 1.69. The van der Waals surface area contributed by atoms with Crippen LogP contribution in [0.2, 0.25) is 0 Å². The van der Waals surface area contributed by atoms with E-state index in [1.54, 1.807) is 5.01 Å². The molecule has 0 radical (unpaired) electrons. The van der Waals surface area contributed by atoms with Gasteiger partial charge in [-0.3, -0.25) is 0 Å². The van der Waals surface area contributed by atoms with Gasteiger partial charge in [0.1, 0.15) is 0 Å². The van der Waals surface area contributed by atoms with E-state index in [1.807, 2.05) is 36.5 Å². The molecule has 2 heterocycles. The molecule has 0 spiro atoms. The zero-order chi connectivity index (χ0) is 10.3. The highest BCUT2D eigenvalue weighted by molar-refractivity contribution is 6.05. The first-order chi connectivity index (χ1) is 7.34. The van der Waals surface area contributed by atoms with Crippen LogP contribution in [0.5, 0.6) is 0 Å². The summed E-state index contributed by atoms with van der Waals surface area (Å²) in [5, 5.41) is 15.1. The van der Waals surface area contributed by atoms with Crippen LogP contribution in [0.15, 0.2) is 40.6 Å². The SMILES string of the molecule is OC1C=NN2C=Cc3ccccc3C2=N1. The number of hydrazone groups is 1. The third-order valence-corrected chi connectivity index (χ3v) is 2.39. The Morgan fingerprint density at radius 1 is 1.27 bits per heavy atom. The van der Waals surface area contributed by atoms with Gasteiger partial charge in [0.25, 0.3) is 0 Å². The number of aliphatic hydroxyl groups is 1. The summed E-state index contributed by atoms with van der Waals surface area (Å²) in [6.07, 6.45) is 4.38. The average molecular weight is 199 g/mol. The first-order valence-electron chi connectivity index (χ1n) is 4.71. The van der Waals surface area contributed by atoms with E-state index in [2.05, 4.69) is 10.1 Å². The lowest BCUT2D eigenvalue weighted by molar-refractivity contribution is 0.249. The molecule has 15 heavy (non-hydrogen) atoms. The third-order valence-electron chi connectivity index (χ3n) is 2.39. The summed E-state index contributed by atoms with van der Waals surface area (Å²) in [7, 11) is 0. The molecule has 1 aromatic rings. The minimum absolute atomic E-state index is 0.697. The van der Waals surface area contributed by atoms with Crippen molar-refractivity contribution < 1.29 is 5.11 Å². The molecule has 0 saturated heterocycles. The number of benzene rings is 1. The number of nitrogens with zero attached hydrogens (tertiary/aromatic N) is 3. The Labute approximate surface area is 86.9 Å². The Morgan fingerprint density at radius 3 is 3.07 bits per heavy atom. The van der Waals surface area contributed by atoms with E-state index >= 15 is 0 Å². The van der Waals surface area contributed by atoms with E-state index < -0.39 is 6.23 Å². The van der Waals surface area contributed by atoms with Crippen LogP contribution in [-0.4, -0.2) is 28.4 Å². The Hall–Kier alpha value is -1.94. The number of hydrogen-bond acceptors (Lipinski definition) is 4. The van der Waals surface area contributed by atoms with Gasteiger partial charge in [-0.15, -0.1) is 0 Å². The first kappa shape index (κ1) is 8.38. The fourth-order valence-electron chi connectivity index (χ4n) is 1.70. The maximum atomic E-state index is 9.39. The molecular weight excluding hydrogens is 190 g/mol. The fraction of sp³-hybridized carbons (Fsp3) is 0.0909. The molecule has 0 aromatic heterocycles. The van der Waals surface area contributed by atoms with Crippen LogP contribution in [0.1, 0.15) is 11.1 Å². The normalized spacial score (nSPS) is 22.1. The van der Waals surface area contributed by atoms with Crippen LogP contribution < -0.4 is 0 Å². The molecule has 0 saturated carbocycles. The zero-order valence-corrected chi connectivity index (χ0v) is 7.91. The summed E-state index contributed by atoms with van der Waals surface area (Å²) >= 11 is 0. The van der Waals surface area contributed by atoms with Gasteiger partial charge < -0.3 is 5.11 Å². The largest absolute Gasteiger partial charge is 0.367 e. The summed E-state index contributed by atoms with van der Waals surface area (Å²) in [5.41, 5.74) is 2.09. The second-order valence-electron chi connectivity index (χ2n) is 3.38. The van der Waals surface area contributed by atoms with Crippen LogP contribution in [0.4, 0.5) is 0 Å². The average Bonchev–Trinajstić information content (AvgIpc) is 2.29. The van der Waals surface area contributed by atoms with E-state index in [-0.39, 0.29) is 0 Å². The summed E-state index contributed by atoms with van der Waals surface area (Å²) in [4.78, 5) is 4.14. The second-order valence-corrected chi connectivity index (χ2v) is 3.38. The highest BCUT2D eigenvalue weighted by Gasteiger charge is 2.21. The van der Waals surface area contributed by atoms with Crippen LogP contribution in [0.3, 0.4) is 0 Å². The van der Waals surface area contributed by atoms with Crippen LogP contribution in [-0.2, 0) is 0 Å². The summed E-state index contributed by atoms with van der Waals surface area (Å²) in [6, 6.07) is 7.90. The van der Waals surface area contributed by atoms with Crippen molar-refractivity contribution in [3.63, 3.8) is 0 Å². The smallest absolute Gasteiger partial charge is 0.185 e. The molecule has 74 valence electrons. The molecule has 0 aliphatic carbocycles. The van der Waals surface area contributed by atoms with Gasteiger partial charge in [0.15, 0.2) is 12.1 Å². The maximum absolute atomic E-state index is 9.39. The molecule has 0 fully saturated rings. The summed E-state index contributed by atoms with van der Waals surface area (Å²) < 4.78 is 0. The molecule has 1 atom stereocenters. The molecule has 2 aliphatic rings. The molecule has 0 bridgehead atoms. The van der Waals surface area contributed by atoms with Gasteiger partial charge in [-0.25, -0.2) is 10.0 Å². The van der Waals surface area contributed by atoms with Crippen LogP contribution >= 0.6 is 0 Å². The molecule has 4 heteroatoms. The minimum atomic E-state index is -0.837. The van der Waals surface area contributed by atoms with Crippen molar-refractivity contribution in [2.45, 2.75) is 6.23 Å². The standard InChI is InChI=1S/C11H9N3O/c15-10-7-12-14-6-5-8-3-1-2-4-9(8)11(14)13-10/h1-7,10,15H. The topological polar surface area (TPSA) is 48.2 Å². The Balaban J connectivity index is 2.18. The van der Waals surface area contributed by atoms with E-state index in [9.17, 15) is 5.11 Å². The molecule has 0 amide bonds. The lowest BCUT2D eigenvalue weighted by Crippen LogP contribution is -2.31. The van der Waals surface area contributed by atoms with Gasteiger partial charge >= 0.3 is 0 Å². The lowest BCUT2D eigenvalue weighted by Gasteiger charge is -2.25. The minimum Gasteiger partial charge on any atom is -0.367 e. The molecule has 3 rings (SSSR count). The van der Waals surface area contributed by atoms with Gasteiger partial charge in [0.2, 0.25) is 0 Å². The van der Waals surface area contributed by atoms with E-state index in [0.717, 1.165) is 11.1 Å². The van der Waals surface area contributed by atoms with Crippen molar-refractivity contribution in [1.82, 2.24) is 5.01 Å². The Bertz CT molecular complexity index is 490. The molecule has 1 N–H and O–H groups in total. The van der Waals surface area contributed by atoms with Gasteiger partial charge in [0.05, 0.1) is 6.21 Å². The Morgan fingerprint density at radius 2 is 2.13 bits per heavy atom. The number of amidine groups is 1. The lowest BCUT2D eigenvalue weighted by atomic mass is 10.0. The van der Waals surface area contributed by atoms with Crippen molar-refractivity contribution in [2.75, 3.05) is 0 Å². The predicted molar refractivity (Wildman–Crippen MR) is 58.4 cm³/mol. The summed E-state index contributed by atoms with van der Waals surface area (Å²) in [5.74, 6) is 0.697. The van der Waals surface area contributed by atoms with Crippen molar-refractivity contribution in [1.29, 1.82) is 0 Å². The molecule has 1 unspecified atom stereocenters. The highest BCUT2D eigenvalue weighted by Crippen LogP contribution is 2.22. The highest BCUT2D eigenvalue weighted by atomic mass is 16.3. The van der Waals surface area contributed by atoms with Crippen molar-refractivity contribution in [3.05, 3.63) is 41.6 Å². The number of aliphatic imine (C=N–C) groups is 1. The van der Waals surface area contributed by atoms with Crippen molar-refractivity contribution in [3.8, 4) is 0 Å². The number of hydrogen-bond donors (Lipinski definition) is 1. The van der Waals surface area contributed by atoms with Gasteiger partial charge in [-0.05, 0) is 11.6 Å². The van der Waals surface area contributed by atoms with Gasteiger partial charge in [-0.2, -0.15) is 5.10 Å². The van der Waals surface area contributed by atoms with Crippen LogP contribution in [0, 0.1) is 0 Å². The van der Waals surface area contributed by atoms with Gasteiger partial charge in [-0.1, -0.05) is 24.3 Å². The summed E-state index contributed by atoms with van der Waals surface area (Å²) in [6.45, 7) is 0. The monoisotopic (exact) mass is 199 g/mol. The predicted octanol–water partition coefficient (Wildman–Crippen LogP) is 1.04. The quantitative estimate of drug-likeness (QED) is 0.678. The number of fused-ring (bicyclic) bond motifs is 3. The number of aliphatic hydroxyl groups excluding tert-OH is 1. The third kappa shape index (κ3) is 1.27.